The molecule has 0 amide bonds. The summed E-state index contributed by atoms with van der Waals surface area (Å²) in [5.74, 6) is -0.308. The van der Waals surface area contributed by atoms with Crippen molar-refractivity contribution in [3.8, 4) is 0 Å². The van der Waals surface area contributed by atoms with Crippen molar-refractivity contribution in [2.75, 3.05) is 19.8 Å². The molecule has 0 rings (SSSR count). The van der Waals surface area contributed by atoms with E-state index in [1.165, 1.54) is 0 Å². The summed E-state index contributed by atoms with van der Waals surface area (Å²) < 4.78 is 4.71. The molecule has 3 nitrogen and oxygen atoms in total. The van der Waals surface area contributed by atoms with Crippen molar-refractivity contribution in [2.45, 2.75) is 0 Å². The van der Waals surface area contributed by atoms with E-state index in [0.717, 1.165) is 0 Å². The summed E-state index contributed by atoms with van der Waals surface area (Å²) in [6.07, 6.45) is 1.55. The normalized spacial score (nSPS) is 9.00. The van der Waals surface area contributed by atoms with Crippen LogP contribution in [-0.4, -0.2) is 30.7 Å². The lowest BCUT2D eigenvalue weighted by Gasteiger charge is -1.95. The molecule has 0 radical (unpaired) electrons. The average Bonchev–Trinajstić information content (AvgIpc) is 1.89. The van der Waals surface area contributed by atoms with E-state index in [4.69, 9.17) is 9.84 Å². The Kier molecular flexibility index (Phi) is 5.06. The molecule has 0 unspecified atom stereocenters. The average molecular weight is 130 g/mol. The Labute approximate surface area is 53.9 Å². The minimum atomic E-state index is -0.447. The highest BCUT2D eigenvalue weighted by atomic mass is 16.5. The fourth-order valence-corrected chi connectivity index (χ4v) is 0.302. The lowest BCUT2D eigenvalue weighted by atomic mass is 10.4. The molecule has 0 fully saturated rings. The molecule has 3 heteroatoms. The predicted octanol–water partition coefficient (Wildman–Crippen LogP) is -0.250. The third-order valence-corrected chi connectivity index (χ3v) is 0.675. The molecule has 0 aromatic carbocycles. The van der Waals surface area contributed by atoms with Crippen LogP contribution in [0.3, 0.4) is 0 Å². The molecule has 52 valence electrons. The molecule has 0 saturated carbocycles. The minimum absolute atomic E-state index is 0.0253. The molecular formula is C6H10O3. The van der Waals surface area contributed by atoms with Gasteiger partial charge in [-0.2, -0.15) is 0 Å². The summed E-state index contributed by atoms with van der Waals surface area (Å²) in [5, 5.41) is 8.18. The Hall–Kier alpha value is -0.670. The number of hydrogen-bond acceptors (Lipinski definition) is 3. The van der Waals surface area contributed by atoms with E-state index < -0.39 is 6.61 Å². The predicted molar refractivity (Wildman–Crippen MR) is 33.1 cm³/mol. The highest BCUT2D eigenvalue weighted by molar-refractivity contribution is 5.80. The molecule has 0 aliphatic rings. The van der Waals surface area contributed by atoms with Gasteiger partial charge in [0, 0.05) is 0 Å². The van der Waals surface area contributed by atoms with Crippen molar-refractivity contribution in [3.05, 3.63) is 12.7 Å². The molecule has 9 heavy (non-hydrogen) atoms. The number of ether oxygens (including phenoxy) is 1. The SMILES string of the molecule is C=CCOCC(=O)CO. The minimum Gasteiger partial charge on any atom is -0.388 e. The van der Waals surface area contributed by atoms with Gasteiger partial charge >= 0.3 is 0 Å². The molecule has 0 aromatic heterocycles. The van der Waals surface area contributed by atoms with Gasteiger partial charge in [0.2, 0.25) is 0 Å². The van der Waals surface area contributed by atoms with Gasteiger partial charge in [0.05, 0.1) is 6.61 Å². The Morgan fingerprint density at radius 3 is 2.89 bits per heavy atom. The number of Topliss-reactive ketones (excluding diaryl/α,β-unsaturated/α-hetero) is 1. The standard InChI is InChI=1S/C6H10O3/c1-2-3-9-5-6(8)4-7/h2,7H,1,3-5H2. The van der Waals surface area contributed by atoms with E-state index in [0.29, 0.717) is 6.61 Å². The van der Waals surface area contributed by atoms with Crippen LogP contribution < -0.4 is 0 Å². The van der Waals surface area contributed by atoms with Gasteiger partial charge in [-0.05, 0) is 0 Å². The molecule has 0 aliphatic heterocycles. The lowest BCUT2D eigenvalue weighted by molar-refractivity contribution is -0.125. The van der Waals surface area contributed by atoms with E-state index >= 15 is 0 Å². The van der Waals surface area contributed by atoms with Crippen LogP contribution in [0.1, 0.15) is 0 Å². The van der Waals surface area contributed by atoms with E-state index in [1.54, 1.807) is 6.08 Å². The molecule has 0 saturated heterocycles. The van der Waals surface area contributed by atoms with Gasteiger partial charge in [0.1, 0.15) is 13.2 Å². The highest BCUT2D eigenvalue weighted by Crippen LogP contribution is 1.76. The zero-order chi connectivity index (χ0) is 7.11. The molecule has 0 aliphatic carbocycles. The molecule has 1 N–H and O–H groups in total. The van der Waals surface area contributed by atoms with Gasteiger partial charge in [-0.15, -0.1) is 6.58 Å². The number of carbonyl (C=O) groups is 1. The van der Waals surface area contributed by atoms with Crippen LogP contribution in [-0.2, 0) is 9.53 Å². The monoisotopic (exact) mass is 130 g/mol. The van der Waals surface area contributed by atoms with Crippen molar-refractivity contribution in [1.29, 1.82) is 0 Å². The van der Waals surface area contributed by atoms with Crippen molar-refractivity contribution >= 4 is 5.78 Å². The zero-order valence-electron chi connectivity index (χ0n) is 5.17. The summed E-state index contributed by atoms with van der Waals surface area (Å²) >= 11 is 0. The molecule has 0 bridgehead atoms. The summed E-state index contributed by atoms with van der Waals surface area (Å²) in [7, 11) is 0. The third-order valence-electron chi connectivity index (χ3n) is 0.675. The molecule has 0 heterocycles. The second-order valence-corrected chi connectivity index (χ2v) is 1.50. The lowest BCUT2D eigenvalue weighted by Crippen LogP contribution is -2.12. The van der Waals surface area contributed by atoms with Gasteiger partial charge in [-0.3, -0.25) is 4.79 Å². The van der Waals surface area contributed by atoms with Gasteiger partial charge in [0.25, 0.3) is 0 Å². The highest BCUT2D eigenvalue weighted by Gasteiger charge is 1.95. The van der Waals surface area contributed by atoms with Crippen LogP contribution in [0.4, 0.5) is 0 Å². The Morgan fingerprint density at radius 2 is 2.44 bits per heavy atom. The van der Waals surface area contributed by atoms with Gasteiger partial charge < -0.3 is 9.84 Å². The Morgan fingerprint density at radius 1 is 1.78 bits per heavy atom. The molecule has 0 aromatic rings. The molecule has 0 spiro atoms. The second-order valence-electron chi connectivity index (χ2n) is 1.50. The first-order valence-corrected chi connectivity index (χ1v) is 2.62. The largest absolute Gasteiger partial charge is 0.388 e. The van der Waals surface area contributed by atoms with E-state index in [1.807, 2.05) is 0 Å². The first-order chi connectivity index (χ1) is 4.31. The molecule has 0 atom stereocenters. The number of hydrogen-bond donors (Lipinski definition) is 1. The first-order valence-electron chi connectivity index (χ1n) is 2.62. The maximum atomic E-state index is 10.3. The fourth-order valence-electron chi connectivity index (χ4n) is 0.302. The van der Waals surface area contributed by atoms with E-state index in [2.05, 4.69) is 6.58 Å². The summed E-state index contributed by atoms with van der Waals surface area (Å²) in [6.45, 7) is 3.26. The van der Waals surface area contributed by atoms with E-state index in [9.17, 15) is 4.79 Å². The van der Waals surface area contributed by atoms with Crippen molar-refractivity contribution in [1.82, 2.24) is 0 Å². The molecular weight excluding hydrogens is 120 g/mol. The number of carbonyl (C=O) groups excluding carboxylic acids is 1. The van der Waals surface area contributed by atoms with Crippen molar-refractivity contribution in [3.63, 3.8) is 0 Å². The van der Waals surface area contributed by atoms with Gasteiger partial charge in [-0.1, -0.05) is 6.08 Å². The number of aliphatic hydroxyl groups excluding tert-OH is 1. The van der Waals surface area contributed by atoms with Crippen LogP contribution >= 0.6 is 0 Å². The van der Waals surface area contributed by atoms with Crippen LogP contribution in [0.2, 0.25) is 0 Å². The third kappa shape index (κ3) is 5.20. The number of rotatable bonds is 5. The van der Waals surface area contributed by atoms with Crippen LogP contribution in [0.5, 0.6) is 0 Å². The maximum Gasteiger partial charge on any atom is 0.183 e. The topological polar surface area (TPSA) is 46.5 Å². The Balaban J connectivity index is 3.06. The number of aliphatic hydroxyl groups is 1. The maximum absolute atomic E-state index is 10.3. The van der Waals surface area contributed by atoms with Crippen molar-refractivity contribution < 1.29 is 14.6 Å². The van der Waals surface area contributed by atoms with Gasteiger partial charge in [0.15, 0.2) is 5.78 Å². The first kappa shape index (κ1) is 8.33. The van der Waals surface area contributed by atoms with Gasteiger partial charge in [-0.25, -0.2) is 0 Å². The van der Waals surface area contributed by atoms with E-state index in [-0.39, 0.29) is 12.4 Å². The van der Waals surface area contributed by atoms with Crippen LogP contribution in [0.25, 0.3) is 0 Å². The Bertz CT molecular complexity index is 98.5. The van der Waals surface area contributed by atoms with Crippen LogP contribution in [0, 0.1) is 0 Å². The summed E-state index contributed by atoms with van der Waals surface area (Å²) in [6, 6.07) is 0. The second kappa shape index (κ2) is 5.47. The zero-order valence-corrected chi connectivity index (χ0v) is 5.17. The summed E-state index contributed by atoms with van der Waals surface area (Å²) in [4.78, 5) is 10.3. The number of ketones is 1. The fraction of sp³-hybridized carbons (Fsp3) is 0.500. The smallest absolute Gasteiger partial charge is 0.183 e. The van der Waals surface area contributed by atoms with Crippen molar-refractivity contribution in [2.24, 2.45) is 0 Å². The summed E-state index contributed by atoms with van der Waals surface area (Å²) in [5.41, 5.74) is 0. The van der Waals surface area contributed by atoms with Crippen LogP contribution in [0.15, 0.2) is 12.7 Å². The quantitative estimate of drug-likeness (QED) is 0.412.